The third-order valence-corrected chi connectivity index (χ3v) is 5.00. The van der Waals surface area contributed by atoms with Crippen LogP contribution in [0.1, 0.15) is 30.8 Å². The SMILES string of the molecule is CCC(C)NC(=O)c1cc(-c2cccs2)nn1-c1ccccc1Cl. The van der Waals surface area contributed by atoms with Crippen molar-refractivity contribution in [2.45, 2.75) is 26.3 Å². The monoisotopic (exact) mass is 359 g/mol. The third-order valence-electron chi connectivity index (χ3n) is 3.79. The van der Waals surface area contributed by atoms with Crippen LogP contribution in [0.5, 0.6) is 0 Å². The lowest BCUT2D eigenvalue weighted by molar-refractivity contribution is 0.0931. The number of halogens is 1. The summed E-state index contributed by atoms with van der Waals surface area (Å²) in [5.74, 6) is -0.153. The van der Waals surface area contributed by atoms with Crippen molar-refractivity contribution < 1.29 is 4.79 Å². The van der Waals surface area contributed by atoms with Gasteiger partial charge in [0.2, 0.25) is 0 Å². The van der Waals surface area contributed by atoms with E-state index < -0.39 is 0 Å². The van der Waals surface area contributed by atoms with Crippen LogP contribution in [0.3, 0.4) is 0 Å². The molecule has 1 N–H and O–H groups in total. The maximum absolute atomic E-state index is 12.7. The lowest BCUT2D eigenvalue weighted by atomic mass is 10.2. The number of amides is 1. The van der Waals surface area contributed by atoms with Crippen LogP contribution in [0.25, 0.3) is 16.3 Å². The first-order valence-electron chi connectivity index (χ1n) is 7.80. The Hall–Kier alpha value is -2.11. The van der Waals surface area contributed by atoms with Gasteiger partial charge in [0.25, 0.3) is 5.91 Å². The second-order valence-corrected chi connectivity index (χ2v) is 6.89. The van der Waals surface area contributed by atoms with Gasteiger partial charge in [0.1, 0.15) is 11.4 Å². The molecule has 24 heavy (non-hydrogen) atoms. The predicted molar refractivity (Wildman–Crippen MR) is 99.1 cm³/mol. The third kappa shape index (κ3) is 3.37. The summed E-state index contributed by atoms with van der Waals surface area (Å²) in [6, 6.07) is 13.2. The molecule has 1 aromatic carbocycles. The molecule has 124 valence electrons. The molecule has 3 rings (SSSR count). The average molecular weight is 360 g/mol. The van der Waals surface area contributed by atoms with Gasteiger partial charge in [-0.25, -0.2) is 4.68 Å². The predicted octanol–water partition coefficient (Wildman–Crippen LogP) is 4.78. The van der Waals surface area contributed by atoms with Crippen LogP contribution < -0.4 is 5.32 Å². The lowest BCUT2D eigenvalue weighted by Gasteiger charge is -2.13. The maximum atomic E-state index is 12.7. The van der Waals surface area contributed by atoms with Crippen molar-refractivity contribution >= 4 is 28.8 Å². The second-order valence-electron chi connectivity index (χ2n) is 5.54. The number of benzene rings is 1. The maximum Gasteiger partial charge on any atom is 0.270 e. The number of rotatable bonds is 5. The largest absolute Gasteiger partial charge is 0.348 e. The summed E-state index contributed by atoms with van der Waals surface area (Å²) in [6.07, 6.45) is 0.865. The molecule has 1 unspecified atom stereocenters. The van der Waals surface area contributed by atoms with Crippen molar-refractivity contribution in [1.29, 1.82) is 0 Å². The summed E-state index contributed by atoms with van der Waals surface area (Å²) >= 11 is 7.90. The van der Waals surface area contributed by atoms with Crippen LogP contribution in [0.4, 0.5) is 0 Å². The summed E-state index contributed by atoms with van der Waals surface area (Å²) in [5.41, 5.74) is 1.93. The summed E-state index contributed by atoms with van der Waals surface area (Å²) in [7, 11) is 0. The number of nitrogens with one attached hydrogen (secondary N) is 1. The van der Waals surface area contributed by atoms with Gasteiger partial charge in [-0.2, -0.15) is 5.10 Å². The molecule has 2 aromatic heterocycles. The number of aromatic nitrogens is 2. The first kappa shape index (κ1) is 16.7. The van der Waals surface area contributed by atoms with Gasteiger partial charge >= 0.3 is 0 Å². The Morgan fingerprint density at radius 2 is 2.12 bits per heavy atom. The van der Waals surface area contributed by atoms with E-state index in [1.807, 2.05) is 55.6 Å². The number of para-hydroxylation sites is 1. The van der Waals surface area contributed by atoms with Gasteiger partial charge in [0.15, 0.2) is 0 Å². The van der Waals surface area contributed by atoms with E-state index in [0.717, 1.165) is 17.0 Å². The standard InChI is InChI=1S/C18H18ClN3OS/c1-3-12(2)20-18(23)16-11-14(17-9-6-10-24-17)21-22(16)15-8-5-4-7-13(15)19/h4-12H,3H2,1-2H3,(H,20,23). The Labute approximate surface area is 150 Å². The van der Waals surface area contributed by atoms with E-state index in [1.165, 1.54) is 0 Å². The van der Waals surface area contributed by atoms with Gasteiger partial charge in [-0.3, -0.25) is 4.79 Å². The van der Waals surface area contributed by atoms with Crippen molar-refractivity contribution in [1.82, 2.24) is 15.1 Å². The zero-order chi connectivity index (χ0) is 17.1. The molecule has 0 fully saturated rings. The van der Waals surface area contributed by atoms with Gasteiger partial charge in [0.05, 0.1) is 15.6 Å². The molecule has 0 spiro atoms. The Balaban J connectivity index is 2.09. The summed E-state index contributed by atoms with van der Waals surface area (Å²) in [4.78, 5) is 13.7. The lowest BCUT2D eigenvalue weighted by Crippen LogP contribution is -2.33. The Morgan fingerprint density at radius 3 is 2.79 bits per heavy atom. The highest BCUT2D eigenvalue weighted by molar-refractivity contribution is 7.13. The number of nitrogens with zero attached hydrogens (tertiary/aromatic N) is 2. The second kappa shape index (κ2) is 7.20. The molecule has 0 aliphatic heterocycles. The number of hydrogen-bond donors (Lipinski definition) is 1. The summed E-state index contributed by atoms with van der Waals surface area (Å²) in [5, 5.41) is 10.2. The fourth-order valence-corrected chi connectivity index (χ4v) is 3.19. The molecule has 6 heteroatoms. The van der Waals surface area contributed by atoms with E-state index in [4.69, 9.17) is 11.6 Å². The fourth-order valence-electron chi connectivity index (χ4n) is 2.29. The minimum atomic E-state index is -0.153. The van der Waals surface area contributed by atoms with Gasteiger partial charge in [0, 0.05) is 6.04 Å². The molecule has 4 nitrogen and oxygen atoms in total. The summed E-state index contributed by atoms with van der Waals surface area (Å²) < 4.78 is 1.62. The minimum Gasteiger partial charge on any atom is -0.348 e. The van der Waals surface area contributed by atoms with E-state index in [1.54, 1.807) is 22.1 Å². The van der Waals surface area contributed by atoms with E-state index in [9.17, 15) is 4.79 Å². The Bertz CT molecular complexity index is 842. The molecule has 0 aliphatic rings. The van der Waals surface area contributed by atoms with Gasteiger partial charge in [-0.05, 0) is 43.0 Å². The molecule has 3 aromatic rings. The number of carbonyl (C=O) groups excluding carboxylic acids is 1. The van der Waals surface area contributed by atoms with Crippen LogP contribution >= 0.6 is 22.9 Å². The normalized spacial score (nSPS) is 12.1. The highest BCUT2D eigenvalue weighted by Crippen LogP contribution is 2.28. The van der Waals surface area contributed by atoms with Gasteiger partial charge < -0.3 is 5.32 Å². The quantitative estimate of drug-likeness (QED) is 0.712. The molecule has 2 heterocycles. The van der Waals surface area contributed by atoms with Crippen LogP contribution in [0.2, 0.25) is 5.02 Å². The van der Waals surface area contributed by atoms with Crippen LogP contribution in [-0.4, -0.2) is 21.7 Å². The minimum absolute atomic E-state index is 0.0947. The van der Waals surface area contributed by atoms with Crippen molar-refractivity contribution in [3.05, 3.63) is 58.6 Å². The summed E-state index contributed by atoms with van der Waals surface area (Å²) in [6.45, 7) is 4.02. The first-order chi connectivity index (χ1) is 11.6. The fraction of sp³-hybridized carbons (Fsp3) is 0.222. The Kier molecular flexibility index (Phi) is 5.02. The molecule has 0 radical (unpaired) electrons. The first-order valence-corrected chi connectivity index (χ1v) is 9.05. The van der Waals surface area contributed by atoms with Gasteiger partial charge in [-0.15, -0.1) is 11.3 Å². The molecule has 0 bridgehead atoms. The van der Waals surface area contributed by atoms with E-state index in [0.29, 0.717) is 16.4 Å². The average Bonchev–Trinajstić information content (AvgIpc) is 3.24. The smallest absolute Gasteiger partial charge is 0.270 e. The molecular weight excluding hydrogens is 342 g/mol. The highest BCUT2D eigenvalue weighted by Gasteiger charge is 2.20. The molecule has 0 saturated carbocycles. The molecule has 0 saturated heterocycles. The Morgan fingerprint density at radius 1 is 1.33 bits per heavy atom. The zero-order valence-electron chi connectivity index (χ0n) is 13.5. The van der Waals surface area contributed by atoms with Crippen molar-refractivity contribution in [3.8, 4) is 16.3 Å². The van der Waals surface area contributed by atoms with E-state index in [2.05, 4.69) is 10.4 Å². The van der Waals surface area contributed by atoms with E-state index >= 15 is 0 Å². The van der Waals surface area contributed by atoms with Crippen LogP contribution in [-0.2, 0) is 0 Å². The zero-order valence-corrected chi connectivity index (χ0v) is 15.1. The van der Waals surface area contributed by atoms with Gasteiger partial charge in [-0.1, -0.05) is 36.7 Å². The van der Waals surface area contributed by atoms with E-state index in [-0.39, 0.29) is 11.9 Å². The molecule has 1 atom stereocenters. The number of thiophene rings is 1. The number of hydrogen-bond acceptors (Lipinski definition) is 3. The molecule has 1 amide bonds. The van der Waals surface area contributed by atoms with Crippen LogP contribution in [0.15, 0.2) is 47.8 Å². The van der Waals surface area contributed by atoms with Crippen molar-refractivity contribution in [3.63, 3.8) is 0 Å². The van der Waals surface area contributed by atoms with Crippen molar-refractivity contribution in [2.24, 2.45) is 0 Å². The molecular formula is C18H18ClN3OS. The molecule has 0 aliphatic carbocycles. The van der Waals surface area contributed by atoms with Crippen LogP contribution in [0, 0.1) is 0 Å². The van der Waals surface area contributed by atoms with Crippen molar-refractivity contribution in [2.75, 3.05) is 0 Å². The topological polar surface area (TPSA) is 46.9 Å². The highest BCUT2D eigenvalue weighted by atomic mass is 35.5. The number of carbonyl (C=O) groups is 1.